The minimum Gasteiger partial charge on any atom is -0.481 e. The van der Waals surface area contributed by atoms with Crippen LogP contribution in [0.4, 0.5) is 0 Å². The molecule has 0 bridgehead atoms. The van der Waals surface area contributed by atoms with Gasteiger partial charge in [-0.1, -0.05) is 6.42 Å². The van der Waals surface area contributed by atoms with E-state index in [2.05, 4.69) is 5.32 Å². The zero-order valence-electron chi connectivity index (χ0n) is 7.49. The summed E-state index contributed by atoms with van der Waals surface area (Å²) in [5, 5.41) is 20.1. The van der Waals surface area contributed by atoms with E-state index in [4.69, 9.17) is 10.4 Å². The molecule has 1 aliphatic carbocycles. The van der Waals surface area contributed by atoms with Crippen molar-refractivity contribution in [1.29, 1.82) is 5.26 Å². The average molecular weight is 182 g/mol. The molecule has 0 aromatic carbocycles. The van der Waals surface area contributed by atoms with Crippen LogP contribution in [0.5, 0.6) is 0 Å². The highest BCUT2D eigenvalue weighted by Gasteiger charge is 2.32. The third kappa shape index (κ3) is 2.71. The van der Waals surface area contributed by atoms with Crippen LogP contribution >= 0.6 is 0 Å². The van der Waals surface area contributed by atoms with E-state index in [1.807, 2.05) is 6.07 Å². The molecule has 4 nitrogen and oxygen atoms in total. The van der Waals surface area contributed by atoms with E-state index >= 15 is 0 Å². The summed E-state index contributed by atoms with van der Waals surface area (Å²) in [4.78, 5) is 10.8. The van der Waals surface area contributed by atoms with Gasteiger partial charge >= 0.3 is 5.97 Å². The lowest BCUT2D eigenvalue weighted by atomic mass is 9.96. The van der Waals surface area contributed by atoms with Gasteiger partial charge in [-0.05, 0) is 25.3 Å². The molecule has 13 heavy (non-hydrogen) atoms. The van der Waals surface area contributed by atoms with Crippen molar-refractivity contribution in [2.24, 2.45) is 11.8 Å². The zero-order chi connectivity index (χ0) is 9.68. The topological polar surface area (TPSA) is 73.1 Å². The maximum atomic E-state index is 10.8. The van der Waals surface area contributed by atoms with Crippen LogP contribution in [0, 0.1) is 23.2 Å². The summed E-state index contributed by atoms with van der Waals surface area (Å²) in [6.45, 7) is 0.966. The fourth-order valence-electron chi connectivity index (χ4n) is 1.92. The summed E-state index contributed by atoms with van der Waals surface area (Å²) < 4.78 is 0. The van der Waals surface area contributed by atoms with Gasteiger partial charge in [-0.25, -0.2) is 0 Å². The van der Waals surface area contributed by atoms with Gasteiger partial charge in [0.15, 0.2) is 0 Å². The quantitative estimate of drug-likeness (QED) is 0.493. The SMILES string of the molecule is N#CCNCC1CCCC1C(=O)O. The monoisotopic (exact) mass is 182 g/mol. The van der Waals surface area contributed by atoms with Crippen molar-refractivity contribution in [2.75, 3.05) is 13.1 Å². The Morgan fingerprint density at radius 3 is 3.00 bits per heavy atom. The van der Waals surface area contributed by atoms with Crippen molar-refractivity contribution in [2.45, 2.75) is 19.3 Å². The maximum absolute atomic E-state index is 10.8. The highest BCUT2D eigenvalue weighted by molar-refractivity contribution is 5.70. The van der Waals surface area contributed by atoms with Gasteiger partial charge in [0.2, 0.25) is 0 Å². The van der Waals surface area contributed by atoms with E-state index in [1.165, 1.54) is 0 Å². The van der Waals surface area contributed by atoms with Crippen molar-refractivity contribution in [3.05, 3.63) is 0 Å². The van der Waals surface area contributed by atoms with Gasteiger partial charge in [0.25, 0.3) is 0 Å². The van der Waals surface area contributed by atoms with Crippen LogP contribution in [0.15, 0.2) is 0 Å². The lowest BCUT2D eigenvalue weighted by Gasteiger charge is -2.14. The summed E-state index contributed by atoms with van der Waals surface area (Å²) >= 11 is 0. The van der Waals surface area contributed by atoms with Gasteiger partial charge in [-0.2, -0.15) is 5.26 Å². The predicted molar refractivity (Wildman–Crippen MR) is 46.9 cm³/mol. The Morgan fingerprint density at radius 2 is 2.38 bits per heavy atom. The molecule has 0 radical (unpaired) electrons. The summed E-state index contributed by atoms with van der Waals surface area (Å²) in [7, 11) is 0. The number of aliphatic carboxylic acids is 1. The van der Waals surface area contributed by atoms with Gasteiger partial charge in [0.1, 0.15) is 0 Å². The number of carbonyl (C=O) groups is 1. The number of hydrogen-bond donors (Lipinski definition) is 2. The Hall–Kier alpha value is -1.08. The van der Waals surface area contributed by atoms with Crippen molar-refractivity contribution >= 4 is 5.97 Å². The Labute approximate surface area is 77.6 Å². The standard InChI is InChI=1S/C9H14N2O2/c10-4-5-11-6-7-2-1-3-8(7)9(12)13/h7-8,11H,1-3,5-6H2,(H,12,13). The predicted octanol–water partition coefficient (Wildman–Crippen LogP) is 0.600. The lowest BCUT2D eigenvalue weighted by Crippen LogP contribution is -2.29. The first-order chi connectivity index (χ1) is 6.25. The second kappa shape index (κ2) is 4.83. The molecule has 2 N–H and O–H groups in total. The molecule has 0 heterocycles. The van der Waals surface area contributed by atoms with E-state index in [-0.39, 0.29) is 11.8 Å². The molecule has 72 valence electrons. The largest absolute Gasteiger partial charge is 0.481 e. The Kier molecular flexibility index (Phi) is 3.71. The number of nitrogens with one attached hydrogen (secondary N) is 1. The molecule has 1 rings (SSSR count). The third-order valence-corrected chi connectivity index (χ3v) is 2.59. The molecule has 0 aromatic rings. The van der Waals surface area contributed by atoms with Crippen molar-refractivity contribution in [1.82, 2.24) is 5.32 Å². The number of rotatable bonds is 4. The Balaban J connectivity index is 2.32. The molecule has 1 aliphatic rings. The number of nitrogens with zero attached hydrogens (tertiary/aromatic N) is 1. The van der Waals surface area contributed by atoms with E-state index in [0.29, 0.717) is 13.1 Å². The normalized spacial score (nSPS) is 27.0. The second-order valence-corrected chi connectivity index (χ2v) is 3.42. The number of nitriles is 1. The molecule has 0 aliphatic heterocycles. The molecule has 0 saturated heterocycles. The molecule has 0 spiro atoms. The molecule has 0 aromatic heterocycles. The van der Waals surface area contributed by atoms with E-state index < -0.39 is 5.97 Å². The molecule has 2 unspecified atom stereocenters. The molecule has 4 heteroatoms. The van der Waals surface area contributed by atoms with Crippen LogP contribution < -0.4 is 5.32 Å². The highest BCUT2D eigenvalue weighted by atomic mass is 16.4. The lowest BCUT2D eigenvalue weighted by molar-refractivity contribution is -0.142. The Morgan fingerprint density at radius 1 is 1.62 bits per heavy atom. The summed E-state index contributed by atoms with van der Waals surface area (Å²) in [6, 6.07) is 1.98. The first-order valence-electron chi connectivity index (χ1n) is 4.56. The van der Waals surface area contributed by atoms with Gasteiger partial charge in [-0.15, -0.1) is 0 Å². The first kappa shape index (κ1) is 10.0. The third-order valence-electron chi connectivity index (χ3n) is 2.59. The fourth-order valence-corrected chi connectivity index (χ4v) is 1.92. The molecular weight excluding hydrogens is 168 g/mol. The minimum absolute atomic E-state index is 0.203. The van der Waals surface area contributed by atoms with E-state index in [1.54, 1.807) is 0 Å². The molecular formula is C9H14N2O2. The van der Waals surface area contributed by atoms with Gasteiger partial charge in [0, 0.05) is 0 Å². The zero-order valence-corrected chi connectivity index (χ0v) is 7.49. The first-order valence-corrected chi connectivity index (χ1v) is 4.56. The van der Waals surface area contributed by atoms with Crippen LogP contribution in [0.2, 0.25) is 0 Å². The number of hydrogen-bond acceptors (Lipinski definition) is 3. The number of carboxylic acid groups (broad SMARTS) is 1. The van der Waals surface area contributed by atoms with Crippen LogP contribution in [0.3, 0.4) is 0 Å². The molecule has 0 amide bonds. The molecule has 1 saturated carbocycles. The van der Waals surface area contributed by atoms with Crippen LogP contribution in [0.1, 0.15) is 19.3 Å². The molecule has 1 fully saturated rings. The summed E-state index contributed by atoms with van der Waals surface area (Å²) in [5.41, 5.74) is 0. The minimum atomic E-state index is -0.693. The summed E-state index contributed by atoms with van der Waals surface area (Å²) in [5.74, 6) is -0.682. The van der Waals surface area contributed by atoms with Crippen molar-refractivity contribution in [3.8, 4) is 6.07 Å². The van der Waals surface area contributed by atoms with Crippen molar-refractivity contribution < 1.29 is 9.90 Å². The second-order valence-electron chi connectivity index (χ2n) is 3.42. The van der Waals surface area contributed by atoms with Crippen LogP contribution in [0.25, 0.3) is 0 Å². The van der Waals surface area contributed by atoms with Gasteiger partial charge < -0.3 is 10.4 Å². The smallest absolute Gasteiger partial charge is 0.306 e. The fraction of sp³-hybridized carbons (Fsp3) is 0.778. The van der Waals surface area contributed by atoms with Crippen LogP contribution in [-0.4, -0.2) is 24.2 Å². The summed E-state index contributed by atoms with van der Waals surface area (Å²) in [6.07, 6.45) is 2.75. The van der Waals surface area contributed by atoms with Crippen LogP contribution in [-0.2, 0) is 4.79 Å². The maximum Gasteiger partial charge on any atom is 0.306 e. The van der Waals surface area contributed by atoms with Gasteiger partial charge in [-0.3, -0.25) is 4.79 Å². The van der Waals surface area contributed by atoms with Crippen molar-refractivity contribution in [3.63, 3.8) is 0 Å². The molecule has 2 atom stereocenters. The van der Waals surface area contributed by atoms with E-state index in [9.17, 15) is 4.79 Å². The van der Waals surface area contributed by atoms with E-state index in [0.717, 1.165) is 19.3 Å². The average Bonchev–Trinajstić information content (AvgIpc) is 2.53. The number of carboxylic acids is 1. The van der Waals surface area contributed by atoms with Gasteiger partial charge in [0.05, 0.1) is 18.5 Å². The Bertz CT molecular complexity index is 222. The highest BCUT2D eigenvalue weighted by Crippen LogP contribution is 2.31.